The van der Waals surface area contributed by atoms with Crippen LogP contribution in [0.1, 0.15) is 12.8 Å². The lowest BCUT2D eigenvalue weighted by Gasteiger charge is -2.38. The molecule has 25 heavy (non-hydrogen) atoms. The predicted octanol–water partition coefficient (Wildman–Crippen LogP) is 5.87. The molecule has 0 aliphatic carbocycles. The first-order valence-electron chi connectivity index (χ1n) is 8.77. The monoisotopic (exact) mass is 352 g/mol. The molecular weight excluding hydrogens is 328 g/mol. The van der Waals surface area contributed by atoms with Crippen molar-refractivity contribution in [1.29, 1.82) is 0 Å². The molecule has 3 aromatic carbocycles. The molecule has 1 saturated heterocycles. The van der Waals surface area contributed by atoms with Crippen molar-refractivity contribution in [3.63, 3.8) is 0 Å². The summed E-state index contributed by atoms with van der Waals surface area (Å²) in [6.45, 7) is 0. The molecule has 0 aromatic heterocycles. The maximum atomic E-state index is 5.61. The number of ether oxygens (including phenoxy) is 2. The van der Waals surface area contributed by atoms with Crippen LogP contribution in [0.25, 0.3) is 10.8 Å². The van der Waals surface area contributed by atoms with Crippen molar-refractivity contribution in [3.05, 3.63) is 60.7 Å². The van der Waals surface area contributed by atoms with Gasteiger partial charge in [-0.1, -0.05) is 24.3 Å². The average Bonchev–Trinajstić information content (AvgIpc) is 3.18. The molecule has 2 nitrogen and oxygen atoms in total. The fourth-order valence-corrected chi connectivity index (χ4v) is 8.33. The highest BCUT2D eigenvalue weighted by molar-refractivity contribution is 8.34. The van der Waals surface area contributed by atoms with E-state index in [9.17, 15) is 0 Å². The smallest absolute Gasteiger partial charge is 0.126 e. The zero-order valence-corrected chi connectivity index (χ0v) is 15.6. The lowest BCUT2D eigenvalue weighted by molar-refractivity contribution is 0.414. The molecule has 3 aromatic rings. The van der Waals surface area contributed by atoms with Gasteiger partial charge < -0.3 is 9.47 Å². The van der Waals surface area contributed by atoms with Gasteiger partial charge in [-0.3, -0.25) is 0 Å². The molecule has 0 spiro atoms. The SMILES string of the molecule is COc1ccc(S2(c3ccc(OC)c4ccccc34)CCCC2)cc1. The first-order chi connectivity index (χ1) is 12.3. The third kappa shape index (κ3) is 2.67. The Labute approximate surface area is 151 Å². The highest BCUT2D eigenvalue weighted by atomic mass is 32.3. The molecule has 3 heteroatoms. The van der Waals surface area contributed by atoms with Gasteiger partial charge >= 0.3 is 0 Å². The summed E-state index contributed by atoms with van der Waals surface area (Å²) in [4.78, 5) is 2.98. The van der Waals surface area contributed by atoms with Crippen LogP contribution in [-0.4, -0.2) is 25.7 Å². The molecule has 4 rings (SSSR count). The quantitative estimate of drug-likeness (QED) is 0.584. The zero-order valence-electron chi connectivity index (χ0n) is 14.8. The Morgan fingerprint density at radius 2 is 1.40 bits per heavy atom. The summed E-state index contributed by atoms with van der Waals surface area (Å²) < 4.78 is 11.0. The van der Waals surface area contributed by atoms with Gasteiger partial charge in [0.15, 0.2) is 0 Å². The van der Waals surface area contributed by atoms with Gasteiger partial charge in [-0.2, -0.15) is 10.0 Å². The Morgan fingerprint density at radius 3 is 2.04 bits per heavy atom. The molecule has 0 bridgehead atoms. The lowest BCUT2D eigenvalue weighted by atomic mass is 10.1. The van der Waals surface area contributed by atoms with E-state index in [0.717, 1.165) is 11.5 Å². The van der Waals surface area contributed by atoms with E-state index in [1.807, 2.05) is 0 Å². The molecule has 130 valence electrons. The van der Waals surface area contributed by atoms with Crippen LogP contribution >= 0.6 is 10.0 Å². The van der Waals surface area contributed by atoms with E-state index in [1.54, 1.807) is 14.2 Å². The second-order valence-electron chi connectivity index (χ2n) is 6.49. The molecule has 1 aliphatic rings. The predicted molar refractivity (Wildman–Crippen MR) is 107 cm³/mol. The molecule has 1 heterocycles. The highest BCUT2D eigenvalue weighted by Crippen LogP contribution is 2.68. The van der Waals surface area contributed by atoms with Gasteiger partial charge in [-0.25, -0.2) is 0 Å². The van der Waals surface area contributed by atoms with Crippen molar-refractivity contribution in [3.8, 4) is 11.5 Å². The van der Waals surface area contributed by atoms with Gasteiger partial charge in [0.05, 0.1) is 14.2 Å². The Kier molecular flexibility index (Phi) is 4.34. The van der Waals surface area contributed by atoms with Crippen molar-refractivity contribution < 1.29 is 9.47 Å². The molecule has 0 saturated carbocycles. The molecule has 1 aliphatic heterocycles. The van der Waals surface area contributed by atoms with Crippen molar-refractivity contribution in [2.24, 2.45) is 0 Å². The van der Waals surface area contributed by atoms with E-state index in [2.05, 4.69) is 60.7 Å². The Hall–Kier alpha value is -2.13. The van der Waals surface area contributed by atoms with Crippen molar-refractivity contribution in [2.45, 2.75) is 22.6 Å². The molecule has 0 atom stereocenters. The van der Waals surface area contributed by atoms with E-state index in [4.69, 9.17) is 9.47 Å². The fraction of sp³-hybridized carbons (Fsp3) is 0.273. The van der Waals surface area contributed by atoms with Crippen molar-refractivity contribution >= 4 is 20.8 Å². The highest BCUT2D eigenvalue weighted by Gasteiger charge is 2.33. The summed E-state index contributed by atoms with van der Waals surface area (Å²) in [7, 11) is 2.47. The molecule has 0 radical (unpaired) electrons. The zero-order chi connectivity index (χ0) is 17.3. The molecule has 0 N–H and O–H groups in total. The van der Waals surface area contributed by atoms with E-state index < -0.39 is 10.0 Å². The van der Waals surface area contributed by atoms with Crippen molar-refractivity contribution in [2.75, 3.05) is 25.7 Å². The number of benzene rings is 3. The van der Waals surface area contributed by atoms with Gasteiger partial charge in [-0.05, 0) is 71.0 Å². The van der Waals surface area contributed by atoms with Gasteiger partial charge in [0.1, 0.15) is 11.5 Å². The minimum atomic E-state index is -1.01. The summed E-state index contributed by atoms with van der Waals surface area (Å²) in [5, 5.41) is 2.56. The number of rotatable bonds is 4. The van der Waals surface area contributed by atoms with E-state index >= 15 is 0 Å². The van der Waals surface area contributed by atoms with Crippen LogP contribution in [0, 0.1) is 0 Å². The summed E-state index contributed by atoms with van der Waals surface area (Å²) in [6.07, 6.45) is 2.61. The summed E-state index contributed by atoms with van der Waals surface area (Å²) in [5.41, 5.74) is 0. The van der Waals surface area contributed by atoms with E-state index in [1.165, 1.54) is 44.9 Å². The topological polar surface area (TPSA) is 18.5 Å². The van der Waals surface area contributed by atoms with Crippen LogP contribution in [0.2, 0.25) is 0 Å². The minimum Gasteiger partial charge on any atom is -0.497 e. The standard InChI is InChI=1S/C22H24O2S/c1-23-17-9-11-18(12-10-17)25(15-5-6-16-25)22-14-13-21(24-2)19-7-3-4-8-20(19)22/h3-4,7-14H,5-6,15-16H2,1-2H3. The van der Waals surface area contributed by atoms with Crippen LogP contribution in [-0.2, 0) is 0 Å². The van der Waals surface area contributed by atoms with Crippen LogP contribution in [0.4, 0.5) is 0 Å². The Balaban J connectivity index is 1.94. The van der Waals surface area contributed by atoms with Gasteiger partial charge in [0, 0.05) is 10.3 Å². The Morgan fingerprint density at radius 1 is 0.720 bits per heavy atom. The second-order valence-corrected chi connectivity index (χ2v) is 9.98. The van der Waals surface area contributed by atoms with Gasteiger partial charge in [0.2, 0.25) is 0 Å². The van der Waals surface area contributed by atoms with Crippen LogP contribution in [0.3, 0.4) is 0 Å². The minimum absolute atomic E-state index is 0.927. The summed E-state index contributed by atoms with van der Waals surface area (Å²) >= 11 is 0. The first-order valence-corrected chi connectivity index (χ1v) is 10.7. The number of fused-ring (bicyclic) bond motifs is 1. The third-order valence-electron chi connectivity index (χ3n) is 5.23. The summed E-state index contributed by atoms with van der Waals surface area (Å²) in [6, 6.07) is 21.9. The maximum absolute atomic E-state index is 5.61. The maximum Gasteiger partial charge on any atom is 0.126 e. The van der Waals surface area contributed by atoms with E-state index in [0.29, 0.717) is 0 Å². The number of hydrogen-bond acceptors (Lipinski definition) is 2. The van der Waals surface area contributed by atoms with E-state index in [-0.39, 0.29) is 0 Å². The normalized spacial score (nSPS) is 17.4. The lowest BCUT2D eigenvalue weighted by Crippen LogP contribution is -2.05. The average molecular weight is 352 g/mol. The second kappa shape index (κ2) is 6.64. The fourth-order valence-electron chi connectivity index (χ4n) is 3.98. The Bertz CT molecular complexity index is 880. The summed E-state index contributed by atoms with van der Waals surface area (Å²) in [5.74, 6) is 4.43. The first kappa shape index (κ1) is 16.3. The van der Waals surface area contributed by atoms with Crippen LogP contribution in [0.15, 0.2) is 70.5 Å². The van der Waals surface area contributed by atoms with Gasteiger partial charge in [-0.15, -0.1) is 0 Å². The van der Waals surface area contributed by atoms with Crippen molar-refractivity contribution in [1.82, 2.24) is 0 Å². The molecule has 0 unspecified atom stereocenters. The third-order valence-corrected chi connectivity index (χ3v) is 9.57. The molecule has 1 fully saturated rings. The molecular formula is C22H24O2S. The molecule has 0 amide bonds. The van der Waals surface area contributed by atoms with Crippen LogP contribution in [0.5, 0.6) is 11.5 Å². The van der Waals surface area contributed by atoms with Gasteiger partial charge in [0.25, 0.3) is 0 Å². The number of methoxy groups -OCH3 is 2. The van der Waals surface area contributed by atoms with Crippen LogP contribution < -0.4 is 9.47 Å². The largest absolute Gasteiger partial charge is 0.497 e. The number of hydrogen-bond donors (Lipinski definition) is 0.